The third-order valence-electron chi connectivity index (χ3n) is 5.59. The summed E-state index contributed by atoms with van der Waals surface area (Å²) in [5, 5.41) is 10.9. The quantitative estimate of drug-likeness (QED) is 0.465. The van der Waals surface area contributed by atoms with Gasteiger partial charge in [0, 0.05) is 30.4 Å². The van der Waals surface area contributed by atoms with E-state index in [9.17, 15) is 14.7 Å². The summed E-state index contributed by atoms with van der Waals surface area (Å²) in [6.45, 7) is 3.68. The van der Waals surface area contributed by atoms with Crippen LogP contribution in [0.5, 0.6) is 5.75 Å². The third-order valence-corrected chi connectivity index (χ3v) is 7.39. The van der Waals surface area contributed by atoms with E-state index < -0.39 is 12.0 Å². The number of nitrogens with zero attached hydrogens (tertiary/aromatic N) is 3. The van der Waals surface area contributed by atoms with E-state index in [1.807, 2.05) is 43.3 Å². The maximum absolute atomic E-state index is 13.7. The highest BCUT2D eigenvalue weighted by atomic mass is 79.9. The van der Waals surface area contributed by atoms with Crippen molar-refractivity contribution in [2.45, 2.75) is 19.9 Å². The second kappa shape index (κ2) is 10.0. The predicted molar refractivity (Wildman–Crippen MR) is 142 cm³/mol. The number of carbonyl (C=O) groups is 1. The number of ether oxygens (including phenoxy) is 1. The van der Waals surface area contributed by atoms with Crippen molar-refractivity contribution in [1.82, 2.24) is 4.57 Å². The number of phenolic OH excluding ortho intramolecular Hbond substituents is 1. The SMILES string of the molecule is CCOC(=O)C1=C(C)N=c2s/c(=C\c3cc(Cl)cc(Br)c3O)c(=O)n2[C@@H]1c1ccc(N(C)C)cc1. The summed E-state index contributed by atoms with van der Waals surface area (Å²) in [6, 6.07) is 10.1. The van der Waals surface area contributed by atoms with Crippen molar-refractivity contribution >= 4 is 56.6 Å². The zero-order valence-corrected chi connectivity index (χ0v) is 22.7. The number of halogens is 2. The van der Waals surface area contributed by atoms with E-state index in [0.717, 1.165) is 11.3 Å². The number of phenols is 1. The number of hydrogen-bond acceptors (Lipinski definition) is 7. The Morgan fingerprint density at radius 1 is 1.31 bits per heavy atom. The second-order valence-electron chi connectivity index (χ2n) is 8.11. The van der Waals surface area contributed by atoms with Crippen LogP contribution < -0.4 is 19.8 Å². The molecule has 0 spiro atoms. The summed E-state index contributed by atoms with van der Waals surface area (Å²) in [4.78, 5) is 33.6. The smallest absolute Gasteiger partial charge is 0.338 e. The lowest BCUT2D eigenvalue weighted by Crippen LogP contribution is -2.39. The molecule has 3 aromatic rings. The van der Waals surface area contributed by atoms with Crippen LogP contribution in [0, 0.1) is 0 Å². The average Bonchev–Trinajstić information content (AvgIpc) is 3.10. The number of aromatic nitrogens is 1. The molecule has 1 aliphatic rings. The summed E-state index contributed by atoms with van der Waals surface area (Å²) >= 11 is 10.6. The number of thiazole rings is 1. The van der Waals surface area contributed by atoms with Gasteiger partial charge >= 0.3 is 5.97 Å². The van der Waals surface area contributed by atoms with Crippen LogP contribution in [-0.2, 0) is 9.53 Å². The standard InChI is InChI=1S/C25H23BrClN3O4S/c1-5-34-24(33)20-13(2)28-25-30(21(20)14-6-8-17(9-7-14)29(3)4)23(32)19(35-25)11-15-10-16(27)12-18(26)22(15)31/h6-12,21,31H,5H2,1-4H3/b19-11-/t21-/m1/s1. The van der Waals surface area contributed by atoms with Gasteiger partial charge in [0.25, 0.3) is 5.56 Å². The maximum Gasteiger partial charge on any atom is 0.338 e. The van der Waals surface area contributed by atoms with Gasteiger partial charge in [-0.2, -0.15) is 0 Å². The van der Waals surface area contributed by atoms with Crippen LogP contribution in [0.25, 0.3) is 6.08 Å². The van der Waals surface area contributed by atoms with Gasteiger partial charge in [-0.15, -0.1) is 0 Å². The molecule has 1 aliphatic heterocycles. The van der Waals surface area contributed by atoms with Crippen molar-refractivity contribution < 1.29 is 14.6 Å². The molecule has 182 valence electrons. The highest BCUT2D eigenvalue weighted by Crippen LogP contribution is 2.33. The molecule has 1 atom stereocenters. The summed E-state index contributed by atoms with van der Waals surface area (Å²) in [5.41, 5.74) is 2.61. The number of benzene rings is 2. The molecular weight excluding hydrogens is 554 g/mol. The number of allylic oxidation sites excluding steroid dienone is 1. The number of aromatic hydroxyl groups is 1. The van der Waals surface area contributed by atoms with E-state index in [0.29, 0.717) is 35.7 Å². The molecule has 35 heavy (non-hydrogen) atoms. The number of fused-ring (bicyclic) bond motifs is 1. The fraction of sp³-hybridized carbons (Fsp3) is 0.240. The van der Waals surface area contributed by atoms with Gasteiger partial charge in [0.1, 0.15) is 5.75 Å². The first-order valence-electron chi connectivity index (χ1n) is 10.8. The van der Waals surface area contributed by atoms with Gasteiger partial charge in [-0.25, -0.2) is 9.79 Å². The van der Waals surface area contributed by atoms with Gasteiger partial charge < -0.3 is 14.7 Å². The first kappa shape index (κ1) is 25.2. The topological polar surface area (TPSA) is 84.1 Å². The van der Waals surface area contributed by atoms with Crippen molar-refractivity contribution in [1.29, 1.82) is 0 Å². The molecular formula is C25H23BrClN3O4S. The lowest BCUT2D eigenvalue weighted by atomic mass is 9.95. The lowest BCUT2D eigenvalue weighted by Gasteiger charge is -2.25. The Balaban J connectivity index is 1.96. The van der Waals surface area contributed by atoms with Crippen LogP contribution >= 0.6 is 38.9 Å². The molecule has 0 bridgehead atoms. The highest BCUT2D eigenvalue weighted by molar-refractivity contribution is 9.10. The van der Waals surface area contributed by atoms with Gasteiger partial charge in [-0.3, -0.25) is 9.36 Å². The minimum absolute atomic E-state index is 0.0283. The molecule has 2 heterocycles. The molecule has 0 amide bonds. The molecule has 0 saturated heterocycles. The zero-order valence-electron chi connectivity index (χ0n) is 19.5. The second-order valence-corrected chi connectivity index (χ2v) is 10.4. The number of anilines is 1. The molecule has 2 aromatic carbocycles. The molecule has 1 N–H and O–H groups in total. The Morgan fingerprint density at radius 3 is 2.63 bits per heavy atom. The Hall–Kier alpha value is -2.88. The highest BCUT2D eigenvalue weighted by Gasteiger charge is 2.33. The number of esters is 1. The van der Waals surface area contributed by atoms with Gasteiger partial charge in [0.15, 0.2) is 4.80 Å². The van der Waals surface area contributed by atoms with Gasteiger partial charge in [0.05, 0.1) is 32.9 Å². The number of carbonyl (C=O) groups excluding carboxylic acids is 1. The summed E-state index contributed by atoms with van der Waals surface area (Å²) in [5.74, 6) is -0.541. The molecule has 0 aliphatic carbocycles. The molecule has 4 rings (SSSR count). The number of rotatable bonds is 5. The van der Waals surface area contributed by atoms with E-state index in [4.69, 9.17) is 16.3 Å². The largest absolute Gasteiger partial charge is 0.506 e. The molecule has 10 heteroatoms. The Labute approximate surface area is 219 Å². The fourth-order valence-electron chi connectivity index (χ4n) is 3.90. The predicted octanol–water partition coefficient (Wildman–Crippen LogP) is 3.99. The maximum atomic E-state index is 13.7. The minimum atomic E-state index is -0.705. The molecule has 0 unspecified atom stereocenters. The van der Waals surface area contributed by atoms with Gasteiger partial charge in [0.2, 0.25) is 0 Å². The third kappa shape index (κ3) is 4.80. The minimum Gasteiger partial charge on any atom is -0.506 e. The summed E-state index contributed by atoms with van der Waals surface area (Å²) < 4.78 is 7.61. The van der Waals surface area contributed by atoms with E-state index in [1.54, 1.807) is 32.1 Å². The molecule has 0 radical (unpaired) electrons. The van der Waals surface area contributed by atoms with Gasteiger partial charge in [-0.05, 0) is 65.7 Å². The first-order valence-corrected chi connectivity index (χ1v) is 12.8. The van der Waals surface area contributed by atoms with Crippen LogP contribution in [0.4, 0.5) is 5.69 Å². The van der Waals surface area contributed by atoms with Crippen LogP contribution in [0.3, 0.4) is 0 Å². The van der Waals surface area contributed by atoms with Crippen molar-refractivity contribution in [3.05, 3.63) is 88.0 Å². The van der Waals surface area contributed by atoms with Gasteiger partial charge in [-0.1, -0.05) is 35.1 Å². The molecule has 1 aromatic heterocycles. The Bertz CT molecular complexity index is 1520. The average molecular weight is 577 g/mol. The monoisotopic (exact) mass is 575 g/mol. The van der Waals surface area contributed by atoms with Crippen molar-refractivity contribution in [3.8, 4) is 5.75 Å². The Kier molecular flexibility index (Phi) is 7.21. The van der Waals surface area contributed by atoms with E-state index in [2.05, 4.69) is 20.9 Å². The number of hydrogen-bond donors (Lipinski definition) is 1. The lowest BCUT2D eigenvalue weighted by molar-refractivity contribution is -0.139. The normalized spacial score (nSPS) is 15.6. The van der Waals surface area contributed by atoms with E-state index >= 15 is 0 Å². The van der Waals surface area contributed by atoms with Crippen molar-refractivity contribution in [2.75, 3.05) is 25.6 Å². The molecule has 7 nitrogen and oxygen atoms in total. The van der Waals surface area contributed by atoms with Crippen molar-refractivity contribution in [3.63, 3.8) is 0 Å². The van der Waals surface area contributed by atoms with Crippen LogP contribution in [0.15, 0.2) is 61.9 Å². The fourth-order valence-corrected chi connectivity index (χ4v) is 5.77. The van der Waals surface area contributed by atoms with E-state index in [-0.39, 0.29) is 17.9 Å². The van der Waals surface area contributed by atoms with Crippen LogP contribution in [0.2, 0.25) is 5.02 Å². The van der Waals surface area contributed by atoms with Crippen LogP contribution in [0.1, 0.15) is 31.0 Å². The zero-order chi connectivity index (χ0) is 25.4. The Morgan fingerprint density at radius 2 is 2.00 bits per heavy atom. The molecule has 0 fully saturated rings. The first-order chi connectivity index (χ1) is 16.6. The van der Waals surface area contributed by atoms with E-state index in [1.165, 1.54) is 15.9 Å². The summed E-state index contributed by atoms with van der Waals surface area (Å²) in [6.07, 6.45) is 1.57. The molecule has 0 saturated carbocycles. The van der Waals surface area contributed by atoms with Crippen LogP contribution in [-0.4, -0.2) is 36.3 Å². The summed E-state index contributed by atoms with van der Waals surface area (Å²) in [7, 11) is 3.88. The van der Waals surface area contributed by atoms with Crippen molar-refractivity contribution in [2.24, 2.45) is 4.99 Å².